The third-order valence-corrected chi connectivity index (χ3v) is 3.06. The van der Waals surface area contributed by atoms with Crippen LogP contribution in [0.2, 0.25) is 5.02 Å². The number of nitriles is 1. The Morgan fingerprint density at radius 1 is 1.21 bits per heavy atom. The van der Waals surface area contributed by atoms with E-state index < -0.39 is 5.82 Å². The molecule has 0 aromatic heterocycles. The van der Waals surface area contributed by atoms with Crippen molar-refractivity contribution in [1.29, 1.82) is 5.26 Å². The molecule has 19 heavy (non-hydrogen) atoms. The number of benzene rings is 2. The molecule has 1 unspecified atom stereocenters. The molecule has 96 valence electrons. The van der Waals surface area contributed by atoms with E-state index >= 15 is 0 Å². The summed E-state index contributed by atoms with van der Waals surface area (Å²) in [5.74, 6) is -0.476. The standard InChI is InChI=1S/C15H12ClFN2/c16-13-7-6-12(10-14(13)17)19-15(8-9-18)11-4-2-1-3-5-11/h1-7,10,15,19H,8H2. The lowest BCUT2D eigenvalue weighted by atomic mass is 10.0. The van der Waals surface area contributed by atoms with Crippen LogP contribution in [0.25, 0.3) is 0 Å². The van der Waals surface area contributed by atoms with Gasteiger partial charge in [-0.25, -0.2) is 4.39 Å². The van der Waals surface area contributed by atoms with E-state index in [9.17, 15) is 4.39 Å². The molecule has 0 heterocycles. The van der Waals surface area contributed by atoms with E-state index in [2.05, 4.69) is 11.4 Å². The summed E-state index contributed by atoms with van der Waals surface area (Å²) >= 11 is 5.64. The second kappa shape index (κ2) is 6.21. The van der Waals surface area contributed by atoms with Gasteiger partial charge in [0.2, 0.25) is 0 Å². The van der Waals surface area contributed by atoms with Crippen LogP contribution < -0.4 is 5.32 Å². The number of rotatable bonds is 4. The summed E-state index contributed by atoms with van der Waals surface area (Å²) in [6.07, 6.45) is 0.300. The van der Waals surface area contributed by atoms with Crippen molar-refractivity contribution in [2.24, 2.45) is 0 Å². The molecular weight excluding hydrogens is 263 g/mol. The smallest absolute Gasteiger partial charge is 0.143 e. The van der Waals surface area contributed by atoms with Crippen molar-refractivity contribution in [3.63, 3.8) is 0 Å². The van der Waals surface area contributed by atoms with E-state index in [1.807, 2.05) is 30.3 Å². The highest BCUT2D eigenvalue weighted by Crippen LogP contribution is 2.25. The largest absolute Gasteiger partial charge is 0.377 e. The molecule has 2 nitrogen and oxygen atoms in total. The lowest BCUT2D eigenvalue weighted by Gasteiger charge is -2.17. The van der Waals surface area contributed by atoms with Crippen LogP contribution in [0.3, 0.4) is 0 Å². The lowest BCUT2D eigenvalue weighted by molar-refractivity contribution is 0.628. The number of hydrogen-bond donors (Lipinski definition) is 1. The van der Waals surface area contributed by atoms with Gasteiger partial charge in [0.1, 0.15) is 5.82 Å². The van der Waals surface area contributed by atoms with Crippen LogP contribution in [0, 0.1) is 17.1 Å². The minimum atomic E-state index is -0.476. The van der Waals surface area contributed by atoms with E-state index in [1.54, 1.807) is 6.07 Å². The number of nitrogens with zero attached hydrogens (tertiary/aromatic N) is 1. The maximum Gasteiger partial charge on any atom is 0.143 e. The summed E-state index contributed by atoms with van der Waals surface area (Å²) in [6.45, 7) is 0. The van der Waals surface area contributed by atoms with Gasteiger partial charge >= 0.3 is 0 Å². The van der Waals surface area contributed by atoms with Crippen molar-refractivity contribution >= 4 is 17.3 Å². The maximum atomic E-state index is 13.4. The number of nitrogens with one attached hydrogen (secondary N) is 1. The van der Waals surface area contributed by atoms with Crippen molar-refractivity contribution in [3.05, 3.63) is 64.9 Å². The van der Waals surface area contributed by atoms with Gasteiger partial charge in [0.25, 0.3) is 0 Å². The first kappa shape index (κ1) is 13.4. The molecule has 0 bridgehead atoms. The molecule has 0 amide bonds. The molecule has 0 aliphatic carbocycles. The zero-order chi connectivity index (χ0) is 13.7. The molecule has 0 aliphatic rings. The van der Waals surface area contributed by atoms with Gasteiger partial charge in [0.05, 0.1) is 23.6 Å². The molecule has 2 aromatic rings. The molecule has 0 radical (unpaired) electrons. The van der Waals surface area contributed by atoms with Gasteiger partial charge in [-0.2, -0.15) is 5.26 Å². The molecule has 0 aliphatic heterocycles. The average molecular weight is 275 g/mol. The first-order valence-electron chi connectivity index (χ1n) is 5.84. The van der Waals surface area contributed by atoms with Crippen molar-refractivity contribution in [1.82, 2.24) is 0 Å². The van der Waals surface area contributed by atoms with Gasteiger partial charge in [-0.1, -0.05) is 41.9 Å². The normalized spacial score (nSPS) is 11.6. The molecule has 1 atom stereocenters. The fraction of sp³-hybridized carbons (Fsp3) is 0.133. The van der Waals surface area contributed by atoms with Crippen LogP contribution >= 0.6 is 11.6 Å². The summed E-state index contributed by atoms with van der Waals surface area (Å²) in [5, 5.41) is 12.1. The van der Waals surface area contributed by atoms with Gasteiger partial charge in [0.15, 0.2) is 0 Å². The summed E-state index contributed by atoms with van der Waals surface area (Å²) < 4.78 is 13.4. The van der Waals surface area contributed by atoms with Crippen LogP contribution in [0.1, 0.15) is 18.0 Å². The first-order valence-corrected chi connectivity index (χ1v) is 6.22. The van der Waals surface area contributed by atoms with Gasteiger partial charge in [-0.05, 0) is 23.8 Å². The molecule has 0 saturated carbocycles. The predicted molar refractivity (Wildman–Crippen MR) is 74.4 cm³/mol. The summed E-state index contributed by atoms with van der Waals surface area (Å²) in [5.41, 5.74) is 1.59. The topological polar surface area (TPSA) is 35.8 Å². The lowest BCUT2D eigenvalue weighted by Crippen LogP contribution is -2.10. The van der Waals surface area contributed by atoms with Crippen molar-refractivity contribution in [2.45, 2.75) is 12.5 Å². The van der Waals surface area contributed by atoms with Crippen LogP contribution in [0.4, 0.5) is 10.1 Å². The first-order chi connectivity index (χ1) is 9.20. The van der Waals surface area contributed by atoms with E-state index in [0.717, 1.165) is 5.56 Å². The Morgan fingerprint density at radius 3 is 2.58 bits per heavy atom. The zero-order valence-electron chi connectivity index (χ0n) is 10.1. The Kier molecular flexibility index (Phi) is 4.38. The summed E-state index contributed by atoms with van der Waals surface area (Å²) in [6, 6.07) is 16.1. The highest BCUT2D eigenvalue weighted by molar-refractivity contribution is 6.30. The van der Waals surface area contributed by atoms with Gasteiger partial charge in [-0.3, -0.25) is 0 Å². The molecule has 0 spiro atoms. The average Bonchev–Trinajstić information content (AvgIpc) is 2.43. The Labute approximate surface area is 116 Å². The van der Waals surface area contributed by atoms with E-state index in [1.165, 1.54) is 12.1 Å². The van der Waals surface area contributed by atoms with Crippen LogP contribution in [-0.4, -0.2) is 0 Å². The maximum absolute atomic E-state index is 13.4. The van der Waals surface area contributed by atoms with E-state index in [4.69, 9.17) is 16.9 Å². The highest BCUT2D eigenvalue weighted by atomic mass is 35.5. The van der Waals surface area contributed by atoms with Crippen LogP contribution in [0.15, 0.2) is 48.5 Å². The number of halogens is 2. The zero-order valence-corrected chi connectivity index (χ0v) is 10.9. The third-order valence-electron chi connectivity index (χ3n) is 2.76. The van der Waals surface area contributed by atoms with E-state index in [-0.39, 0.29) is 11.1 Å². The Hall–Kier alpha value is -2.05. The molecule has 0 fully saturated rings. The van der Waals surface area contributed by atoms with Crippen molar-refractivity contribution in [2.75, 3.05) is 5.32 Å². The van der Waals surface area contributed by atoms with Gasteiger partial charge in [-0.15, -0.1) is 0 Å². The molecule has 2 aromatic carbocycles. The Balaban J connectivity index is 2.22. The number of hydrogen-bond acceptors (Lipinski definition) is 2. The Morgan fingerprint density at radius 2 is 1.95 bits per heavy atom. The number of anilines is 1. The predicted octanol–water partition coefficient (Wildman–Crippen LogP) is 4.55. The SMILES string of the molecule is N#CCC(Nc1ccc(Cl)c(F)c1)c1ccccc1. The molecule has 1 N–H and O–H groups in total. The van der Waals surface area contributed by atoms with Gasteiger partial charge in [0, 0.05) is 5.69 Å². The fourth-order valence-corrected chi connectivity index (χ4v) is 1.93. The summed E-state index contributed by atoms with van der Waals surface area (Å²) in [7, 11) is 0. The summed E-state index contributed by atoms with van der Waals surface area (Å²) in [4.78, 5) is 0. The van der Waals surface area contributed by atoms with Crippen LogP contribution in [0.5, 0.6) is 0 Å². The minimum Gasteiger partial charge on any atom is -0.377 e. The van der Waals surface area contributed by atoms with Crippen LogP contribution in [-0.2, 0) is 0 Å². The monoisotopic (exact) mass is 274 g/mol. The highest BCUT2D eigenvalue weighted by Gasteiger charge is 2.11. The fourth-order valence-electron chi connectivity index (χ4n) is 1.82. The second-order valence-corrected chi connectivity index (χ2v) is 4.51. The second-order valence-electron chi connectivity index (χ2n) is 4.10. The van der Waals surface area contributed by atoms with Crippen molar-refractivity contribution in [3.8, 4) is 6.07 Å². The Bertz CT molecular complexity index is 593. The molecular formula is C15H12ClFN2. The third kappa shape index (κ3) is 3.46. The molecule has 4 heteroatoms. The van der Waals surface area contributed by atoms with E-state index in [0.29, 0.717) is 12.1 Å². The van der Waals surface area contributed by atoms with Gasteiger partial charge < -0.3 is 5.32 Å². The minimum absolute atomic E-state index is 0.0853. The van der Waals surface area contributed by atoms with Crippen molar-refractivity contribution < 1.29 is 4.39 Å². The quantitative estimate of drug-likeness (QED) is 0.888. The molecule has 0 saturated heterocycles. The molecule has 2 rings (SSSR count).